The molecular weight excluding hydrogens is 513 g/mol. The largest absolute Gasteiger partial charge is 0.495 e. The van der Waals surface area contributed by atoms with Crippen molar-refractivity contribution in [1.29, 1.82) is 5.26 Å². The van der Waals surface area contributed by atoms with E-state index in [1.807, 2.05) is 6.07 Å². The third kappa shape index (κ3) is 5.56. The Hall–Kier alpha value is -3.75. The lowest BCUT2D eigenvalue weighted by Crippen LogP contribution is -2.44. The number of methoxy groups -OCH3 is 3. The van der Waals surface area contributed by atoms with Gasteiger partial charge < -0.3 is 24.8 Å². The number of hydrogen-bond acceptors (Lipinski definition) is 8. The molecule has 2 N–H and O–H groups in total. The standard InChI is InChI=1S/C24H21ClFN3O6S/c1-33-17-9-16(18(34-2)8-14(17)25)28-19(30)11-36-23-13(10-27)20(12-6-4-5-7-15(12)26)21(22(31)29-23)24(32)35-3/h4-9,20-21H,11H2,1-3H3,(H,28,30)(H,29,31). The zero-order chi connectivity index (χ0) is 26.4. The molecule has 2 aromatic carbocycles. The Morgan fingerprint density at radius 3 is 2.50 bits per heavy atom. The predicted octanol–water partition coefficient (Wildman–Crippen LogP) is 3.61. The van der Waals surface area contributed by atoms with E-state index in [1.54, 1.807) is 0 Å². The summed E-state index contributed by atoms with van der Waals surface area (Å²) in [6, 6.07) is 10.5. The zero-order valence-electron chi connectivity index (χ0n) is 19.4. The molecule has 12 heteroatoms. The summed E-state index contributed by atoms with van der Waals surface area (Å²) in [5, 5.41) is 15.4. The number of esters is 1. The lowest BCUT2D eigenvalue weighted by atomic mass is 9.78. The van der Waals surface area contributed by atoms with Crippen molar-refractivity contribution in [2.75, 3.05) is 32.4 Å². The van der Waals surface area contributed by atoms with Crippen molar-refractivity contribution in [2.24, 2.45) is 5.92 Å². The third-order valence-electron chi connectivity index (χ3n) is 5.32. The number of thioether (sulfide) groups is 1. The van der Waals surface area contributed by atoms with Crippen molar-refractivity contribution in [3.05, 3.63) is 63.4 Å². The van der Waals surface area contributed by atoms with Crippen LogP contribution in [0.5, 0.6) is 11.5 Å². The van der Waals surface area contributed by atoms with Gasteiger partial charge >= 0.3 is 5.97 Å². The minimum Gasteiger partial charge on any atom is -0.495 e. The SMILES string of the molecule is COC(=O)C1C(=O)NC(SCC(=O)Nc2cc(OC)c(Cl)cc2OC)=C(C#N)C1c1ccccc1F. The van der Waals surface area contributed by atoms with Crippen molar-refractivity contribution in [2.45, 2.75) is 5.92 Å². The summed E-state index contributed by atoms with van der Waals surface area (Å²) in [5.74, 6) is -5.22. The molecule has 3 rings (SSSR count). The Kier molecular flexibility index (Phi) is 8.79. The molecule has 0 spiro atoms. The minimum absolute atomic E-state index is 0.0140. The Bertz CT molecular complexity index is 1280. The molecule has 0 fully saturated rings. The number of nitrogens with one attached hydrogen (secondary N) is 2. The molecule has 2 amide bonds. The molecule has 0 aliphatic carbocycles. The van der Waals surface area contributed by atoms with Gasteiger partial charge in [-0.25, -0.2) is 4.39 Å². The van der Waals surface area contributed by atoms with Gasteiger partial charge in [-0.1, -0.05) is 41.6 Å². The molecule has 9 nitrogen and oxygen atoms in total. The van der Waals surface area contributed by atoms with Crippen LogP contribution in [-0.4, -0.2) is 44.9 Å². The van der Waals surface area contributed by atoms with Crippen molar-refractivity contribution in [1.82, 2.24) is 5.32 Å². The highest BCUT2D eigenvalue weighted by atomic mass is 35.5. The number of carbonyl (C=O) groups excluding carboxylic acids is 3. The van der Waals surface area contributed by atoms with E-state index in [-0.39, 0.29) is 26.9 Å². The van der Waals surface area contributed by atoms with Crippen molar-refractivity contribution in [3.63, 3.8) is 0 Å². The highest BCUT2D eigenvalue weighted by Crippen LogP contribution is 2.41. The number of halogens is 2. The summed E-state index contributed by atoms with van der Waals surface area (Å²) in [6.45, 7) is 0. The van der Waals surface area contributed by atoms with Gasteiger partial charge in [0.05, 0.1) is 54.5 Å². The first-order valence-electron chi connectivity index (χ1n) is 10.4. The number of nitriles is 1. The molecule has 0 saturated carbocycles. The van der Waals surface area contributed by atoms with Gasteiger partial charge in [-0.15, -0.1) is 0 Å². The second kappa shape index (κ2) is 11.8. The van der Waals surface area contributed by atoms with Crippen LogP contribution in [-0.2, 0) is 19.1 Å². The van der Waals surface area contributed by atoms with E-state index in [9.17, 15) is 24.0 Å². The molecule has 36 heavy (non-hydrogen) atoms. The molecule has 0 bridgehead atoms. The lowest BCUT2D eigenvalue weighted by Gasteiger charge is -2.31. The van der Waals surface area contributed by atoms with Crippen molar-refractivity contribution in [3.8, 4) is 17.6 Å². The third-order valence-corrected chi connectivity index (χ3v) is 6.63. The van der Waals surface area contributed by atoms with Crippen LogP contribution in [0, 0.1) is 23.1 Å². The van der Waals surface area contributed by atoms with Gasteiger partial charge in [0.15, 0.2) is 0 Å². The molecule has 1 aliphatic heterocycles. The minimum atomic E-state index is -1.48. The number of amides is 2. The van der Waals surface area contributed by atoms with Crippen LogP contribution >= 0.6 is 23.4 Å². The summed E-state index contributed by atoms with van der Waals surface area (Å²) in [6.07, 6.45) is 0. The van der Waals surface area contributed by atoms with Crippen molar-refractivity contribution < 1.29 is 33.0 Å². The molecule has 0 radical (unpaired) electrons. The summed E-state index contributed by atoms with van der Waals surface area (Å²) in [7, 11) is 3.92. The van der Waals surface area contributed by atoms with Crippen LogP contribution in [0.4, 0.5) is 10.1 Å². The lowest BCUT2D eigenvalue weighted by molar-refractivity contribution is -0.150. The van der Waals surface area contributed by atoms with Crippen LogP contribution in [0.3, 0.4) is 0 Å². The number of carbonyl (C=O) groups is 3. The zero-order valence-corrected chi connectivity index (χ0v) is 21.0. The van der Waals surface area contributed by atoms with Crippen LogP contribution in [0.2, 0.25) is 5.02 Å². The second-order valence-corrected chi connectivity index (χ2v) is 8.76. The summed E-state index contributed by atoms with van der Waals surface area (Å²) in [5.41, 5.74) is 0.208. The van der Waals surface area contributed by atoms with E-state index >= 15 is 0 Å². The predicted molar refractivity (Wildman–Crippen MR) is 131 cm³/mol. The van der Waals surface area contributed by atoms with Gasteiger partial charge in [0.1, 0.15) is 23.2 Å². The summed E-state index contributed by atoms with van der Waals surface area (Å²) >= 11 is 6.94. The average molecular weight is 534 g/mol. The first-order valence-corrected chi connectivity index (χ1v) is 11.7. The monoisotopic (exact) mass is 533 g/mol. The van der Waals surface area contributed by atoms with Crippen LogP contribution in [0.15, 0.2) is 47.0 Å². The normalized spacial score (nSPS) is 17.1. The molecule has 2 aromatic rings. The van der Waals surface area contributed by atoms with Gasteiger partial charge in [0.25, 0.3) is 0 Å². The summed E-state index contributed by atoms with van der Waals surface area (Å²) in [4.78, 5) is 38.0. The van der Waals surface area contributed by atoms with Crippen molar-refractivity contribution >= 4 is 46.8 Å². The number of allylic oxidation sites excluding steroid dienone is 1. The van der Waals surface area contributed by atoms with Gasteiger partial charge in [-0.05, 0) is 11.6 Å². The smallest absolute Gasteiger partial charge is 0.319 e. The molecule has 0 aromatic heterocycles. The molecule has 1 aliphatic rings. The molecule has 0 saturated heterocycles. The van der Waals surface area contributed by atoms with Gasteiger partial charge in [0, 0.05) is 18.1 Å². The van der Waals surface area contributed by atoms with Crippen LogP contribution in [0.1, 0.15) is 11.5 Å². The highest BCUT2D eigenvalue weighted by molar-refractivity contribution is 8.03. The molecule has 1 heterocycles. The van der Waals surface area contributed by atoms with Gasteiger partial charge in [-0.2, -0.15) is 5.26 Å². The number of nitrogens with zero attached hydrogens (tertiary/aromatic N) is 1. The average Bonchev–Trinajstić information content (AvgIpc) is 2.87. The van der Waals surface area contributed by atoms with E-state index in [2.05, 4.69) is 10.6 Å². The topological polar surface area (TPSA) is 127 Å². The number of hydrogen-bond donors (Lipinski definition) is 2. The van der Waals surface area contributed by atoms with E-state index in [1.165, 1.54) is 50.6 Å². The second-order valence-electron chi connectivity index (χ2n) is 7.37. The van der Waals surface area contributed by atoms with Gasteiger partial charge in [0.2, 0.25) is 11.8 Å². The number of rotatable bonds is 8. The van der Waals surface area contributed by atoms with E-state index < -0.39 is 35.4 Å². The van der Waals surface area contributed by atoms with E-state index in [0.717, 1.165) is 18.9 Å². The maximum Gasteiger partial charge on any atom is 0.319 e. The fourth-order valence-corrected chi connectivity index (χ4v) is 4.74. The maximum absolute atomic E-state index is 14.7. The Morgan fingerprint density at radius 2 is 1.89 bits per heavy atom. The van der Waals surface area contributed by atoms with Crippen LogP contribution < -0.4 is 20.1 Å². The molecular formula is C24H21ClFN3O6S. The molecule has 2 unspecified atom stereocenters. The fraction of sp³-hybridized carbons (Fsp3) is 0.250. The van der Waals surface area contributed by atoms with Crippen LogP contribution in [0.25, 0.3) is 0 Å². The first kappa shape index (κ1) is 26.8. The quantitative estimate of drug-likeness (QED) is 0.389. The first-order chi connectivity index (χ1) is 17.2. The highest BCUT2D eigenvalue weighted by Gasteiger charge is 2.45. The Balaban J connectivity index is 1.91. The number of anilines is 1. The summed E-state index contributed by atoms with van der Waals surface area (Å²) < 4.78 is 29.8. The molecule has 2 atom stereocenters. The molecule has 188 valence electrons. The Labute approximate surface area is 215 Å². The number of ether oxygens (including phenoxy) is 3. The number of benzene rings is 2. The Morgan fingerprint density at radius 1 is 1.19 bits per heavy atom. The fourth-order valence-electron chi connectivity index (χ4n) is 3.67. The van der Waals surface area contributed by atoms with E-state index in [4.69, 9.17) is 25.8 Å². The van der Waals surface area contributed by atoms with Gasteiger partial charge in [-0.3, -0.25) is 14.4 Å². The van der Waals surface area contributed by atoms with E-state index in [0.29, 0.717) is 17.2 Å². The maximum atomic E-state index is 14.7.